The van der Waals surface area contributed by atoms with Gasteiger partial charge in [-0.25, -0.2) is 4.39 Å². The average Bonchev–Trinajstić information content (AvgIpc) is 2.13. The number of nitrogens with one attached hydrogen (secondary N) is 1. The van der Waals surface area contributed by atoms with E-state index in [0.29, 0.717) is 6.42 Å². The van der Waals surface area contributed by atoms with Gasteiger partial charge in [0.05, 0.1) is 12.1 Å². The second-order valence-electron chi connectivity index (χ2n) is 2.20. The molecule has 0 aromatic heterocycles. The van der Waals surface area contributed by atoms with Crippen LogP contribution in [0.5, 0.6) is 0 Å². The molecule has 0 aliphatic carbocycles. The zero-order chi connectivity index (χ0) is 6.85. The van der Waals surface area contributed by atoms with Crippen LogP contribution >= 0.6 is 0 Å². The maximum Gasteiger partial charge on any atom is 0.237 e. The van der Waals surface area contributed by atoms with Gasteiger partial charge in [-0.3, -0.25) is 4.79 Å². The molecule has 0 radical (unpaired) electrons. The Morgan fingerprint density at radius 3 is 2.78 bits per heavy atom. The highest BCUT2D eigenvalue weighted by Gasteiger charge is 2.28. The third-order valence-electron chi connectivity index (χ3n) is 1.41. The summed E-state index contributed by atoms with van der Waals surface area (Å²) in [7, 11) is 0. The minimum Gasteiger partial charge on any atom is -0.349 e. The summed E-state index contributed by atoms with van der Waals surface area (Å²) in [5.41, 5.74) is 5.27. The number of alkyl halides is 1. The molecule has 9 heavy (non-hydrogen) atoms. The van der Waals surface area contributed by atoms with E-state index < -0.39 is 12.7 Å². The first-order valence-corrected chi connectivity index (χ1v) is 2.86. The normalized spacial score (nSPS) is 34.7. The second-order valence-corrected chi connectivity index (χ2v) is 2.20. The van der Waals surface area contributed by atoms with Crippen molar-refractivity contribution in [3.63, 3.8) is 0 Å². The Balaban J connectivity index is 2.44. The second kappa shape index (κ2) is 2.31. The molecular formula is C5H9FN2O. The highest BCUT2D eigenvalue weighted by molar-refractivity contribution is 5.84. The van der Waals surface area contributed by atoms with E-state index in [-0.39, 0.29) is 11.9 Å². The maximum atomic E-state index is 11.8. The van der Waals surface area contributed by atoms with Gasteiger partial charge >= 0.3 is 0 Å². The predicted octanol–water partition coefficient (Wildman–Crippen LogP) is -0.828. The van der Waals surface area contributed by atoms with E-state index in [1.165, 1.54) is 0 Å². The standard InChI is InChI=1S/C5H9FN2O/c6-2-3-1-4(7)5(9)8-3/h3-4H,1-2,7H2,(H,8,9). The van der Waals surface area contributed by atoms with Gasteiger partial charge in [-0.2, -0.15) is 0 Å². The van der Waals surface area contributed by atoms with Crippen molar-refractivity contribution in [1.82, 2.24) is 5.32 Å². The summed E-state index contributed by atoms with van der Waals surface area (Å²) in [6.07, 6.45) is 0.426. The summed E-state index contributed by atoms with van der Waals surface area (Å²) in [5, 5.41) is 2.41. The molecule has 0 spiro atoms. The van der Waals surface area contributed by atoms with Crippen LogP contribution in [0.4, 0.5) is 4.39 Å². The van der Waals surface area contributed by atoms with Gasteiger partial charge in [0.1, 0.15) is 6.67 Å². The molecule has 1 saturated heterocycles. The van der Waals surface area contributed by atoms with Crippen molar-refractivity contribution in [3.8, 4) is 0 Å². The minimum absolute atomic E-state index is 0.238. The lowest BCUT2D eigenvalue weighted by atomic mass is 10.2. The van der Waals surface area contributed by atoms with Crippen LogP contribution in [0.1, 0.15) is 6.42 Å². The number of amides is 1. The molecule has 0 aromatic carbocycles. The molecule has 1 fully saturated rings. The first kappa shape index (κ1) is 6.48. The third kappa shape index (κ3) is 1.18. The van der Waals surface area contributed by atoms with Crippen LogP contribution in [-0.4, -0.2) is 24.7 Å². The van der Waals surface area contributed by atoms with Crippen LogP contribution in [0.25, 0.3) is 0 Å². The molecule has 1 amide bonds. The highest BCUT2D eigenvalue weighted by Crippen LogP contribution is 2.05. The van der Waals surface area contributed by atoms with Gasteiger partial charge in [0.25, 0.3) is 0 Å². The van der Waals surface area contributed by atoms with E-state index in [1.54, 1.807) is 0 Å². The van der Waals surface area contributed by atoms with Crippen molar-refractivity contribution in [2.45, 2.75) is 18.5 Å². The number of nitrogens with two attached hydrogens (primary N) is 1. The molecule has 0 aromatic rings. The summed E-state index contributed by atoms with van der Waals surface area (Å²) in [6, 6.07) is -0.835. The quantitative estimate of drug-likeness (QED) is 0.489. The van der Waals surface area contributed by atoms with Gasteiger partial charge in [0, 0.05) is 0 Å². The Labute approximate surface area is 52.4 Å². The van der Waals surface area contributed by atoms with Gasteiger partial charge in [-0.15, -0.1) is 0 Å². The third-order valence-corrected chi connectivity index (χ3v) is 1.41. The topological polar surface area (TPSA) is 55.1 Å². The van der Waals surface area contributed by atoms with Gasteiger partial charge in [0.15, 0.2) is 0 Å². The monoisotopic (exact) mass is 132 g/mol. The molecule has 1 rings (SSSR count). The Bertz CT molecular complexity index is 128. The van der Waals surface area contributed by atoms with Gasteiger partial charge < -0.3 is 11.1 Å². The van der Waals surface area contributed by atoms with Crippen LogP contribution in [0, 0.1) is 0 Å². The largest absolute Gasteiger partial charge is 0.349 e. The highest BCUT2D eigenvalue weighted by atomic mass is 19.1. The SMILES string of the molecule is NC1CC(CF)NC1=O. The van der Waals surface area contributed by atoms with Crippen LogP contribution in [0.15, 0.2) is 0 Å². The predicted molar refractivity (Wildman–Crippen MR) is 30.5 cm³/mol. The molecule has 3 nitrogen and oxygen atoms in total. The molecule has 0 bridgehead atoms. The van der Waals surface area contributed by atoms with Crippen LogP contribution in [-0.2, 0) is 4.79 Å². The Kier molecular flexibility index (Phi) is 1.66. The number of rotatable bonds is 1. The van der Waals surface area contributed by atoms with Crippen molar-refractivity contribution in [1.29, 1.82) is 0 Å². The number of hydrogen-bond acceptors (Lipinski definition) is 2. The van der Waals surface area contributed by atoms with Gasteiger partial charge in [-0.1, -0.05) is 0 Å². The molecule has 52 valence electrons. The first-order valence-electron chi connectivity index (χ1n) is 2.86. The van der Waals surface area contributed by atoms with E-state index in [2.05, 4.69) is 5.32 Å². The fourth-order valence-electron chi connectivity index (χ4n) is 0.882. The van der Waals surface area contributed by atoms with Crippen molar-refractivity contribution in [3.05, 3.63) is 0 Å². The smallest absolute Gasteiger partial charge is 0.237 e. The zero-order valence-electron chi connectivity index (χ0n) is 4.93. The van der Waals surface area contributed by atoms with E-state index in [1.807, 2.05) is 0 Å². The lowest BCUT2D eigenvalue weighted by molar-refractivity contribution is -0.120. The molecule has 3 N–H and O–H groups in total. The first-order chi connectivity index (χ1) is 4.24. The molecular weight excluding hydrogens is 123 g/mol. The summed E-state index contributed by atoms with van der Waals surface area (Å²) in [6.45, 7) is -0.514. The van der Waals surface area contributed by atoms with Gasteiger partial charge in [0.2, 0.25) is 5.91 Å². The van der Waals surface area contributed by atoms with E-state index in [4.69, 9.17) is 5.73 Å². The number of carbonyl (C=O) groups is 1. The summed E-state index contributed by atoms with van der Waals surface area (Å²) in [4.78, 5) is 10.5. The maximum absolute atomic E-state index is 11.8. The van der Waals surface area contributed by atoms with Crippen molar-refractivity contribution >= 4 is 5.91 Å². The number of carbonyl (C=O) groups excluding carboxylic acids is 1. The molecule has 2 atom stereocenters. The van der Waals surface area contributed by atoms with Crippen LogP contribution < -0.4 is 11.1 Å². The van der Waals surface area contributed by atoms with E-state index in [9.17, 15) is 9.18 Å². The Morgan fingerprint density at radius 1 is 1.89 bits per heavy atom. The zero-order valence-corrected chi connectivity index (χ0v) is 4.93. The summed E-state index contributed by atoms with van der Waals surface area (Å²) < 4.78 is 11.8. The van der Waals surface area contributed by atoms with Crippen molar-refractivity contribution in [2.24, 2.45) is 5.73 Å². The number of hydrogen-bond donors (Lipinski definition) is 2. The summed E-state index contributed by atoms with van der Waals surface area (Å²) in [5.74, 6) is -0.238. The Hall–Kier alpha value is -0.640. The van der Waals surface area contributed by atoms with E-state index in [0.717, 1.165) is 0 Å². The molecule has 2 unspecified atom stereocenters. The van der Waals surface area contributed by atoms with Crippen molar-refractivity contribution < 1.29 is 9.18 Å². The lowest BCUT2D eigenvalue weighted by Crippen LogP contribution is -2.31. The van der Waals surface area contributed by atoms with Gasteiger partial charge in [-0.05, 0) is 6.42 Å². The molecule has 1 aliphatic heterocycles. The minimum atomic E-state index is -0.514. The molecule has 4 heteroatoms. The molecule has 1 heterocycles. The molecule has 0 saturated carbocycles. The van der Waals surface area contributed by atoms with E-state index >= 15 is 0 Å². The summed E-state index contributed by atoms with van der Waals surface area (Å²) >= 11 is 0. The van der Waals surface area contributed by atoms with Crippen LogP contribution in [0.2, 0.25) is 0 Å². The fourth-order valence-corrected chi connectivity index (χ4v) is 0.882. The number of halogens is 1. The average molecular weight is 132 g/mol. The van der Waals surface area contributed by atoms with Crippen molar-refractivity contribution in [2.75, 3.05) is 6.67 Å². The van der Waals surface area contributed by atoms with Crippen LogP contribution in [0.3, 0.4) is 0 Å². The lowest BCUT2D eigenvalue weighted by Gasteiger charge is -1.99. The Morgan fingerprint density at radius 2 is 2.56 bits per heavy atom. The fraction of sp³-hybridized carbons (Fsp3) is 0.800. The molecule has 1 aliphatic rings.